The Bertz CT molecular complexity index is 295. The van der Waals surface area contributed by atoms with Crippen LogP contribution in [0.15, 0.2) is 0 Å². The Labute approximate surface area is 131 Å². The summed E-state index contributed by atoms with van der Waals surface area (Å²) in [5.74, 6) is -0.0199. The van der Waals surface area contributed by atoms with Gasteiger partial charge in [0.15, 0.2) is 0 Å². The summed E-state index contributed by atoms with van der Waals surface area (Å²) >= 11 is 0. The van der Waals surface area contributed by atoms with Crippen LogP contribution < -0.4 is 5.32 Å². The van der Waals surface area contributed by atoms with E-state index in [1.165, 1.54) is 6.42 Å². The average molecular weight is 300 g/mol. The first-order valence-corrected chi connectivity index (χ1v) is 8.41. The highest BCUT2D eigenvalue weighted by Gasteiger charge is 2.31. The molecule has 126 valence electrons. The van der Waals surface area contributed by atoms with Gasteiger partial charge in [-0.15, -0.1) is 0 Å². The fourth-order valence-corrected chi connectivity index (χ4v) is 2.59. The predicted octanol–water partition coefficient (Wildman–Crippen LogP) is 3.37. The van der Waals surface area contributed by atoms with Gasteiger partial charge in [0, 0.05) is 6.04 Å². The van der Waals surface area contributed by atoms with Gasteiger partial charge in [-0.25, -0.2) is 0 Å². The van der Waals surface area contributed by atoms with Crippen molar-refractivity contribution in [1.29, 1.82) is 0 Å². The van der Waals surface area contributed by atoms with Gasteiger partial charge in [-0.05, 0) is 72.0 Å². The van der Waals surface area contributed by atoms with E-state index in [1.807, 2.05) is 0 Å². The summed E-state index contributed by atoms with van der Waals surface area (Å²) in [5, 5.41) is 12.6. The summed E-state index contributed by atoms with van der Waals surface area (Å²) < 4.78 is 0. The maximum atomic E-state index is 11.4. The molecule has 2 N–H and O–H groups in total. The van der Waals surface area contributed by atoms with Gasteiger partial charge in [0.25, 0.3) is 0 Å². The lowest BCUT2D eigenvalue weighted by molar-refractivity contribution is -0.144. The second kappa shape index (κ2) is 10.2. The first-order chi connectivity index (χ1) is 9.73. The quantitative estimate of drug-likeness (QED) is 0.543. The number of unbranched alkanes of at least 4 members (excludes halogenated alkanes) is 1. The van der Waals surface area contributed by atoms with Crippen molar-refractivity contribution in [1.82, 2.24) is 10.2 Å². The highest BCUT2D eigenvalue weighted by Crippen LogP contribution is 2.16. The van der Waals surface area contributed by atoms with E-state index in [0.29, 0.717) is 12.5 Å². The summed E-state index contributed by atoms with van der Waals surface area (Å²) in [6.07, 6.45) is 4.85. The lowest BCUT2D eigenvalue weighted by Gasteiger charge is -2.28. The molecule has 0 aromatic carbocycles. The number of carboxylic acids is 1. The van der Waals surface area contributed by atoms with E-state index in [9.17, 15) is 9.90 Å². The second-order valence-electron chi connectivity index (χ2n) is 6.98. The number of carboxylic acid groups (broad SMARTS) is 1. The average Bonchev–Trinajstić information content (AvgIpc) is 2.40. The van der Waals surface area contributed by atoms with E-state index in [1.54, 1.807) is 6.92 Å². The van der Waals surface area contributed by atoms with Gasteiger partial charge in [0.2, 0.25) is 0 Å². The Kier molecular flexibility index (Phi) is 9.88. The zero-order valence-corrected chi connectivity index (χ0v) is 14.9. The van der Waals surface area contributed by atoms with Crippen LogP contribution >= 0.6 is 0 Å². The van der Waals surface area contributed by atoms with Crippen LogP contribution in [0.2, 0.25) is 0 Å². The Balaban J connectivity index is 4.07. The highest BCUT2D eigenvalue weighted by molar-refractivity contribution is 5.78. The Morgan fingerprint density at radius 3 is 2.38 bits per heavy atom. The standard InChI is InChI=1S/C17H36N2O2/c1-7-11-18-17(5,16(20)21)10-8-9-12-19(6)15(4)13-14(2)3/h14-15,18H,7-13H2,1-6H3,(H,20,21). The van der Waals surface area contributed by atoms with Crippen LogP contribution in [0.3, 0.4) is 0 Å². The molecule has 0 heterocycles. The van der Waals surface area contributed by atoms with Gasteiger partial charge in [0.1, 0.15) is 5.54 Å². The van der Waals surface area contributed by atoms with Crippen LogP contribution in [0.1, 0.15) is 66.7 Å². The fraction of sp³-hybridized carbons (Fsp3) is 0.941. The van der Waals surface area contributed by atoms with Crippen molar-refractivity contribution in [3.05, 3.63) is 0 Å². The molecule has 0 radical (unpaired) electrons. The summed E-state index contributed by atoms with van der Waals surface area (Å²) in [5.41, 5.74) is -0.780. The van der Waals surface area contributed by atoms with E-state index in [2.05, 4.69) is 45.0 Å². The number of rotatable bonds is 12. The normalized spacial score (nSPS) is 16.2. The molecule has 0 bridgehead atoms. The molecule has 0 spiro atoms. The van der Waals surface area contributed by atoms with Gasteiger partial charge in [0.05, 0.1) is 0 Å². The molecule has 21 heavy (non-hydrogen) atoms. The third-order valence-corrected chi connectivity index (χ3v) is 4.24. The molecule has 0 fully saturated rings. The SMILES string of the molecule is CCCNC(C)(CCCCN(C)C(C)CC(C)C)C(=O)O. The fourth-order valence-electron chi connectivity index (χ4n) is 2.59. The minimum Gasteiger partial charge on any atom is -0.480 e. The number of nitrogens with zero attached hydrogens (tertiary/aromatic N) is 1. The molecule has 2 unspecified atom stereocenters. The van der Waals surface area contributed by atoms with Crippen LogP contribution in [0.25, 0.3) is 0 Å². The van der Waals surface area contributed by atoms with E-state index in [0.717, 1.165) is 38.3 Å². The summed E-state index contributed by atoms with van der Waals surface area (Å²) in [6.45, 7) is 12.4. The van der Waals surface area contributed by atoms with Gasteiger partial charge < -0.3 is 15.3 Å². The number of nitrogens with one attached hydrogen (secondary N) is 1. The molecule has 0 aromatic heterocycles. The van der Waals surface area contributed by atoms with Crippen molar-refractivity contribution in [3.8, 4) is 0 Å². The maximum Gasteiger partial charge on any atom is 0.323 e. The number of carbonyl (C=O) groups is 1. The van der Waals surface area contributed by atoms with Crippen LogP contribution in [0.5, 0.6) is 0 Å². The highest BCUT2D eigenvalue weighted by atomic mass is 16.4. The first kappa shape index (κ1) is 20.4. The van der Waals surface area contributed by atoms with Crippen LogP contribution in [0, 0.1) is 5.92 Å². The van der Waals surface area contributed by atoms with Gasteiger partial charge in [-0.1, -0.05) is 20.8 Å². The molecule has 2 atom stereocenters. The summed E-state index contributed by atoms with van der Waals surface area (Å²) in [6, 6.07) is 0.592. The number of hydrogen-bond acceptors (Lipinski definition) is 3. The zero-order chi connectivity index (χ0) is 16.5. The Morgan fingerprint density at radius 1 is 1.29 bits per heavy atom. The Hall–Kier alpha value is -0.610. The van der Waals surface area contributed by atoms with Crippen molar-refractivity contribution < 1.29 is 9.90 Å². The van der Waals surface area contributed by atoms with E-state index < -0.39 is 11.5 Å². The van der Waals surface area contributed by atoms with E-state index in [4.69, 9.17) is 0 Å². The van der Waals surface area contributed by atoms with E-state index >= 15 is 0 Å². The van der Waals surface area contributed by atoms with E-state index in [-0.39, 0.29) is 0 Å². The van der Waals surface area contributed by atoms with Crippen molar-refractivity contribution >= 4 is 5.97 Å². The zero-order valence-electron chi connectivity index (χ0n) is 14.9. The monoisotopic (exact) mass is 300 g/mol. The van der Waals surface area contributed by atoms with Gasteiger partial charge in [-0.2, -0.15) is 0 Å². The third kappa shape index (κ3) is 8.42. The molecule has 0 saturated carbocycles. The van der Waals surface area contributed by atoms with Crippen molar-refractivity contribution in [3.63, 3.8) is 0 Å². The lowest BCUT2D eigenvalue weighted by Crippen LogP contribution is -2.49. The third-order valence-electron chi connectivity index (χ3n) is 4.24. The summed E-state index contributed by atoms with van der Waals surface area (Å²) in [7, 11) is 2.17. The number of aliphatic carboxylic acids is 1. The van der Waals surface area contributed by atoms with Crippen molar-refractivity contribution in [2.75, 3.05) is 20.1 Å². The number of hydrogen-bond donors (Lipinski definition) is 2. The first-order valence-electron chi connectivity index (χ1n) is 8.41. The molecule has 0 rings (SSSR count). The molecule has 0 aromatic rings. The molecule has 4 heteroatoms. The predicted molar refractivity (Wildman–Crippen MR) is 89.7 cm³/mol. The molecule has 0 amide bonds. The molecular weight excluding hydrogens is 264 g/mol. The van der Waals surface area contributed by atoms with Crippen LogP contribution in [-0.2, 0) is 4.79 Å². The van der Waals surface area contributed by atoms with Crippen molar-refractivity contribution in [2.24, 2.45) is 5.92 Å². The van der Waals surface area contributed by atoms with Crippen molar-refractivity contribution in [2.45, 2.75) is 78.3 Å². The molecule has 0 aliphatic rings. The summed E-state index contributed by atoms with van der Waals surface area (Å²) in [4.78, 5) is 13.8. The molecule has 0 aliphatic heterocycles. The minimum atomic E-state index is -0.780. The van der Waals surface area contributed by atoms with Crippen LogP contribution in [-0.4, -0.2) is 47.7 Å². The minimum absolute atomic E-state index is 0.592. The molecule has 4 nitrogen and oxygen atoms in total. The van der Waals surface area contributed by atoms with Gasteiger partial charge in [-0.3, -0.25) is 4.79 Å². The maximum absolute atomic E-state index is 11.4. The largest absolute Gasteiger partial charge is 0.480 e. The van der Waals surface area contributed by atoms with Crippen LogP contribution in [0.4, 0.5) is 0 Å². The lowest BCUT2D eigenvalue weighted by atomic mass is 9.94. The molecule has 0 saturated heterocycles. The topological polar surface area (TPSA) is 52.6 Å². The molecule has 0 aliphatic carbocycles. The van der Waals surface area contributed by atoms with Gasteiger partial charge >= 0.3 is 5.97 Å². The molecular formula is C17H36N2O2. The smallest absolute Gasteiger partial charge is 0.323 e. The Morgan fingerprint density at radius 2 is 1.90 bits per heavy atom. The second-order valence-corrected chi connectivity index (χ2v) is 6.98.